The SMILES string of the molecule is COCCc1nc(C2CSc3ccccc32)n(-c2cc(F)cc(OC)c2)n1. The molecule has 3 aromatic rings. The van der Waals surface area contributed by atoms with E-state index in [4.69, 9.17) is 14.5 Å². The molecule has 2 heterocycles. The maximum absolute atomic E-state index is 14.1. The summed E-state index contributed by atoms with van der Waals surface area (Å²) in [4.78, 5) is 6.04. The number of fused-ring (bicyclic) bond motifs is 1. The molecule has 0 spiro atoms. The first-order valence-electron chi connectivity index (χ1n) is 8.71. The fourth-order valence-corrected chi connectivity index (χ4v) is 4.47. The number of nitrogens with zero attached hydrogens (tertiary/aromatic N) is 3. The second-order valence-electron chi connectivity index (χ2n) is 6.29. The molecular weight excluding hydrogens is 365 g/mol. The lowest BCUT2D eigenvalue weighted by Crippen LogP contribution is -2.10. The molecule has 0 saturated carbocycles. The maximum Gasteiger partial charge on any atom is 0.153 e. The standard InChI is InChI=1S/C20H20FN3O2S/c1-25-8-7-19-22-20(17-12-27-18-6-4-3-5-16(17)18)24(23-19)14-9-13(21)10-15(11-14)26-2/h3-6,9-11,17H,7-8,12H2,1-2H3. The van der Waals surface area contributed by atoms with Crippen LogP contribution in [0.3, 0.4) is 0 Å². The van der Waals surface area contributed by atoms with Crippen molar-refractivity contribution in [2.24, 2.45) is 0 Å². The van der Waals surface area contributed by atoms with E-state index in [1.54, 1.807) is 17.9 Å². The van der Waals surface area contributed by atoms with Gasteiger partial charge in [-0.15, -0.1) is 11.8 Å². The van der Waals surface area contributed by atoms with Crippen molar-refractivity contribution < 1.29 is 13.9 Å². The summed E-state index contributed by atoms with van der Waals surface area (Å²) in [5.41, 5.74) is 1.84. The molecule has 140 valence electrons. The van der Waals surface area contributed by atoms with E-state index in [2.05, 4.69) is 17.2 Å². The van der Waals surface area contributed by atoms with Crippen molar-refractivity contribution in [3.63, 3.8) is 0 Å². The highest BCUT2D eigenvalue weighted by Crippen LogP contribution is 2.42. The highest BCUT2D eigenvalue weighted by Gasteiger charge is 2.30. The first-order valence-corrected chi connectivity index (χ1v) is 9.69. The molecule has 0 fully saturated rings. The van der Waals surface area contributed by atoms with Crippen LogP contribution in [-0.4, -0.2) is 41.3 Å². The summed E-state index contributed by atoms with van der Waals surface area (Å²) in [5, 5.41) is 4.65. The summed E-state index contributed by atoms with van der Waals surface area (Å²) in [5.74, 6) is 2.56. The molecule has 7 heteroatoms. The van der Waals surface area contributed by atoms with Gasteiger partial charge in [0, 0.05) is 36.3 Å². The van der Waals surface area contributed by atoms with E-state index in [1.165, 1.54) is 29.7 Å². The van der Waals surface area contributed by atoms with Crippen LogP contribution >= 0.6 is 11.8 Å². The zero-order chi connectivity index (χ0) is 18.8. The van der Waals surface area contributed by atoms with Gasteiger partial charge in [0.15, 0.2) is 5.82 Å². The third-order valence-corrected chi connectivity index (χ3v) is 5.74. The van der Waals surface area contributed by atoms with Crippen LogP contribution in [0.4, 0.5) is 4.39 Å². The molecule has 0 bridgehead atoms. The minimum Gasteiger partial charge on any atom is -0.497 e. The van der Waals surface area contributed by atoms with Gasteiger partial charge in [0.2, 0.25) is 0 Å². The lowest BCUT2D eigenvalue weighted by Gasteiger charge is -2.13. The van der Waals surface area contributed by atoms with E-state index in [0.717, 1.165) is 11.6 Å². The zero-order valence-corrected chi connectivity index (χ0v) is 16.0. The van der Waals surface area contributed by atoms with Crippen LogP contribution in [0.15, 0.2) is 47.4 Å². The molecule has 1 unspecified atom stereocenters. The Labute approximate surface area is 161 Å². The third kappa shape index (κ3) is 3.57. The average molecular weight is 385 g/mol. The van der Waals surface area contributed by atoms with E-state index in [-0.39, 0.29) is 11.7 Å². The van der Waals surface area contributed by atoms with Crippen LogP contribution < -0.4 is 4.74 Å². The molecule has 1 aromatic heterocycles. The lowest BCUT2D eigenvalue weighted by atomic mass is 10.0. The van der Waals surface area contributed by atoms with Crippen molar-refractivity contribution in [1.29, 1.82) is 0 Å². The van der Waals surface area contributed by atoms with Gasteiger partial charge in [0.05, 0.1) is 25.3 Å². The molecule has 27 heavy (non-hydrogen) atoms. The number of ether oxygens (including phenoxy) is 2. The largest absolute Gasteiger partial charge is 0.497 e. The normalized spacial score (nSPS) is 15.7. The Morgan fingerprint density at radius 3 is 2.89 bits per heavy atom. The Kier molecular flexibility index (Phi) is 5.13. The Morgan fingerprint density at radius 1 is 1.22 bits per heavy atom. The van der Waals surface area contributed by atoms with Gasteiger partial charge in [-0.1, -0.05) is 18.2 Å². The van der Waals surface area contributed by atoms with Crippen LogP contribution in [0, 0.1) is 5.82 Å². The number of methoxy groups -OCH3 is 2. The number of hydrogen-bond donors (Lipinski definition) is 0. The van der Waals surface area contributed by atoms with Crippen molar-refractivity contribution in [2.45, 2.75) is 17.2 Å². The Hall–Kier alpha value is -2.38. The second-order valence-corrected chi connectivity index (χ2v) is 7.35. The highest BCUT2D eigenvalue weighted by molar-refractivity contribution is 7.99. The topological polar surface area (TPSA) is 49.2 Å². The van der Waals surface area contributed by atoms with E-state index in [9.17, 15) is 4.39 Å². The molecule has 0 saturated heterocycles. The highest BCUT2D eigenvalue weighted by atomic mass is 32.2. The van der Waals surface area contributed by atoms with Crippen molar-refractivity contribution in [1.82, 2.24) is 14.8 Å². The summed E-state index contributed by atoms with van der Waals surface area (Å²) in [7, 11) is 3.17. The summed E-state index contributed by atoms with van der Waals surface area (Å²) < 4.78 is 26.2. The Bertz CT molecular complexity index is 960. The van der Waals surface area contributed by atoms with Gasteiger partial charge in [0.1, 0.15) is 17.4 Å². The number of hydrogen-bond acceptors (Lipinski definition) is 5. The maximum atomic E-state index is 14.1. The predicted octanol–water partition coefficient (Wildman–Crippen LogP) is 3.84. The number of halogens is 1. The Morgan fingerprint density at radius 2 is 2.07 bits per heavy atom. The van der Waals surface area contributed by atoms with E-state index in [0.29, 0.717) is 30.3 Å². The quantitative estimate of drug-likeness (QED) is 0.645. The molecule has 4 rings (SSSR count). The van der Waals surface area contributed by atoms with Gasteiger partial charge >= 0.3 is 0 Å². The molecule has 2 aromatic carbocycles. The van der Waals surface area contributed by atoms with Gasteiger partial charge < -0.3 is 9.47 Å². The fourth-order valence-electron chi connectivity index (χ4n) is 3.25. The van der Waals surface area contributed by atoms with E-state index >= 15 is 0 Å². The first-order chi connectivity index (χ1) is 13.2. The van der Waals surface area contributed by atoms with Crippen molar-refractivity contribution >= 4 is 11.8 Å². The fraction of sp³-hybridized carbons (Fsp3) is 0.300. The van der Waals surface area contributed by atoms with Crippen molar-refractivity contribution in [3.8, 4) is 11.4 Å². The predicted molar refractivity (Wildman–Crippen MR) is 102 cm³/mol. The van der Waals surface area contributed by atoms with Gasteiger partial charge in [-0.3, -0.25) is 0 Å². The summed E-state index contributed by atoms with van der Waals surface area (Å²) >= 11 is 1.81. The van der Waals surface area contributed by atoms with Gasteiger partial charge in [-0.25, -0.2) is 14.1 Å². The molecule has 0 N–H and O–H groups in total. The van der Waals surface area contributed by atoms with E-state index in [1.807, 2.05) is 23.9 Å². The van der Waals surface area contributed by atoms with Crippen LogP contribution in [0.2, 0.25) is 0 Å². The summed E-state index contributed by atoms with van der Waals surface area (Å²) in [6.45, 7) is 0.534. The van der Waals surface area contributed by atoms with Crippen LogP contribution in [0.25, 0.3) is 5.69 Å². The lowest BCUT2D eigenvalue weighted by molar-refractivity contribution is 0.200. The smallest absolute Gasteiger partial charge is 0.153 e. The number of aromatic nitrogens is 3. The molecule has 0 radical (unpaired) electrons. The van der Waals surface area contributed by atoms with Gasteiger partial charge in [-0.05, 0) is 17.7 Å². The second kappa shape index (κ2) is 7.70. The Balaban J connectivity index is 1.81. The summed E-state index contributed by atoms with van der Waals surface area (Å²) in [6.07, 6.45) is 0.602. The molecule has 0 amide bonds. The minimum atomic E-state index is -0.370. The molecular formula is C20H20FN3O2S. The number of rotatable bonds is 6. The van der Waals surface area contributed by atoms with Crippen LogP contribution in [-0.2, 0) is 11.2 Å². The zero-order valence-electron chi connectivity index (χ0n) is 15.2. The monoisotopic (exact) mass is 385 g/mol. The summed E-state index contributed by atoms with van der Waals surface area (Å²) in [6, 6.07) is 12.9. The van der Waals surface area contributed by atoms with Crippen molar-refractivity contribution in [3.05, 3.63) is 65.5 Å². The number of benzene rings is 2. The van der Waals surface area contributed by atoms with Gasteiger partial charge in [0.25, 0.3) is 0 Å². The minimum absolute atomic E-state index is 0.101. The van der Waals surface area contributed by atoms with Crippen LogP contribution in [0.1, 0.15) is 23.1 Å². The van der Waals surface area contributed by atoms with Crippen LogP contribution in [0.5, 0.6) is 5.75 Å². The third-order valence-electron chi connectivity index (χ3n) is 4.55. The van der Waals surface area contributed by atoms with Crippen molar-refractivity contribution in [2.75, 3.05) is 26.6 Å². The van der Waals surface area contributed by atoms with E-state index < -0.39 is 0 Å². The average Bonchev–Trinajstić information content (AvgIpc) is 3.29. The first kappa shape index (κ1) is 18.0. The molecule has 5 nitrogen and oxygen atoms in total. The number of thioether (sulfide) groups is 1. The molecule has 0 aliphatic carbocycles. The molecule has 1 atom stereocenters. The van der Waals surface area contributed by atoms with Gasteiger partial charge in [-0.2, -0.15) is 5.10 Å². The molecule has 1 aliphatic rings. The molecule has 1 aliphatic heterocycles.